The topological polar surface area (TPSA) is 67.4 Å². The van der Waals surface area contributed by atoms with E-state index in [0.717, 1.165) is 12.2 Å². The molecule has 0 aliphatic rings. The van der Waals surface area contributed by atoms with E-state index in [1.54, 1.807) is 24.3 Å². The highest BCUT2D eigenvalue weighted by Gasteiger charge is 2.13. The first-order valence-corrected chi connectivity index (χ1v) is 7.97. The maximum Gasteiger partial charge on any atom is 0.313 e. The van der Waals surface area contributed by atoms with E-state index in [1.165, 1.54) is 0 Å². The minimum Gasteiger partial charge on any atom is -0.457 e. The fourth-order valence-electron chi connectivity index (χ4n) is 1.97. The van der Waals surface area contributed by atoms with Crippen LogP contribution in [0.25, 0.3) is 0 Å². The van der Waals surface area contributed by atoms with Crippen LogP contribution < -0.4 is 15.4 Å². The second-order valence-electron chi connectivity index (χ2n) is 5.83. The Morgan fingerprint density at radius 2 is 1.54 bits per heavy atom. The Kier molecular flexibility index (Phi) is 6.37. The zero-order valence-corrected chi connectivity index (χ0v) is 13.9. The van der Waals surface area contributed by atoms with Crippen LogP contribution in [0.1, 0.15) is 20.3 Å². The van der Waals surface area contributed by atoms with Crippen LogP contribution in [0.4, 0.5) is 5.69 Å². The average Bonchev–Trinajstić information content (AvgIpc) is 2.57. The van der Waals surface area contributed by atoms with Gasteiger partial charge in [-0.3, -0.25) is 9.59 Å². The normalized spacial score (nSPS) is 10.3. The van der Waals surface area contributed by atoms with Crippen LogP contribution in [0.5, 0.6) is 11.5 Å². The van der Waals surface area contributed by atoms with Gasteiger partial charge in [-0.05, 0) is 48.7 Å². The molecule has 0 fully saturated rings. The van der Waals surface area contributed by atoms with E-state index in [-0.39, 0.29) is 0 Å². The molecule has 0 spiro atoms. The largest absolute Gasteiger partial charge is 0.457 e. The van der Waals surface area contributed by atoms with Gasteiger partial charge in [0.05, 0.1) is 0 Å². The Bertz CT molecular complexity index is 667. The van der Waals surface area contributed by atoms with Crippen LogP contribution >= 0.6 is 0 Å². The summed E-state index contributed by atoms with van der Waals surface area (Å²) < 4.78 is 5.67. The third-order valence-corrected chi connectivity index (χ3v) is 3.30. The summed E-state index contributed by atoms with van der Waals surface area (Å²) in [6.45, 7) is 4.62. The van der Waals surface area contributed by atoms with Crippen LogP contribution in [-0.4, -0.2) is 18.4 Å². The minimum atomic E-state index is -0.671. The summed E-state index contributed by atoms with van der Waals surface area (Å²) in [7, 11) is 0. The molecule has 0 atom stereocenters. The third kappa shape index (κ3) is 5.76. The molecule has 24 heavy (non-hydrogen) atoms. The SMILES string of the molecule is CC(C)CCNC(=O)C(=O)Nc1ccc(Oc2ccccc2)cc1. The smallest absolute Gasteiger partial charge is 0.313 e. The van der Waals surface area contributed by atoms with E-state index >= 15 is 0 Å². The van der Waals surface area contributed by atoms with Gasteiger partial charge in [-0.15, -0.1) is 0 Å². The van der Waals surface area contributed by atoms with Crippen molar-refractivity contribution in [2.75, 3.05) is 11.9 Å². The number of hydrogen-bond donors (Lipinski definition) is 2. The van der Waals surface area contributed by atoms with Crippen LogP contribution in [0.15, 0.2) is 54.6 Å². The molecule has 2 aromatic rings. The number of hydrogen-bond acceptors (Lipinski definition) is 3. The van der Waals surface area contributed by atoms with E-state index in [9.17, 15) is 9.59 Å². The summed E-state index contributed by atoms with van der Waals surface area (Å²) in [5.74, 6) is 0.570. The molecule has 0 aromatic heterocycles. The third-order valence-electron chi connectivity index (χ3n) is 3.30. The standard InChI is InChI=1S/C19H22N2O3/c1-14(2)12-13-20-18(22)19(23)21-15-8-10-17(11-9-15)24-16-6-4-3-5-7-16/h3-11,14H,12-13H2,1-2H3,(H,20,22)(H,21,23). The second-order valence-corrected chi connectivity index (χ2v) is 5.83. The molecule has 0 saturated carbocycles. The number of amides is 2. The van der Waals surface area contributed by atoms with E-state index in [4.69, 9.17) is 4.74 Å². The number of para-hydroxylation sites is 1. The highest BCUT2D eigenvalue weighted by Crippen LogP contribution is 2.22. The molecule has 126 valence electrons. The summed E-state index contributed by atoms with van der Waals surface area (Å²) in [4.78, 5) is 23.5. The van der Waals surface area contributed by atoms with Crippen molar-refractivity contribution in [3.8, 4) is 11.5 Å². The molecule has 2 N–H and O–H groups in total. The van der Waals surface area contributed by atoms with Gasteiger partial charge >= 0.3 is 11.8 Å². The molecule has 0 heterocycles. The molecule has 0 aliphatic heterocycles. The fourth-order valence-corrected chi connectivity index (χ4v) is 1.97. The number of nitrogens with one attached hydrogen (secondary N) is 2. The van der Waals surface area contributed by atoms with Gasteiger partial charge in [0.1, 0.15) is 11.5 Å². The molecule has 2 aromatic carbocycles. The van der Waals surface area contributed by atoms with Gasteiger partial charge in [0, 0.05) is 12.2 Å². The monoisotopic (exact) mass is 326 g/mol. The average molecular weight is 326 g/mol. The number of ether oxygens (including phenoxy) is 1. The molecule has 0 unspecified atom stereocenters. The summed E-state index contributed by atoms with van der Waals surface area (Å²) in [5, 5.41) is 5.17. The lowest BCUT2D eigenvalue weighted by Crippen LogP contribution is -2.36. The summed E-state index contributed by atoms with van der Waals surface area (Å²) in [6.07, 6.45) is 0.838. The van der Waals surface area contributed by atoms with Crippen molar-refractivity contribution in [3.63, 3.8) is 0 Å². The van der Waals surface area contributed by atoms with Crippen molar-refractivity contribution in [1.82, 2.24) is 5.32 Å². The predicted molar refractivity (Wildman–Crippen MR) is 94.1 cm³/mol. The summed E-state index contributed by atoms with van der Waals surface area (Å²) >= 11 is 0. The molecule has 0 aliphatic carbocycles. The van der Waals surface area contributed by atoms with Crippen molar-refractivity contribution in [2.45, 2.75) is 20.3 Å². The number of benzene rings is 2. The van der Waals surface area contributed by atoms with Crippen LogP contribution in [0.2, 0.25) is 0 Å². The quantitative estimate of drug-likeness (QED) is 0.797. The van der Waals surface area contributed by atoms with Crippen molar-refractivity contribution in [1.29, 1.82) is 0 Å². The Labute approximate surface area is 142 Å². The Morgan fingerprint density at radius 3 is 2.17 bits per heavy atom. The van der Waals surface area contributed by atoms with Crippen LogP contribution in [0, 0.1) is 5.92 Å². The van der Waals surface area contributed by atoms with Gasteiger partial charge in [-0.1, -0.05) is 32.0 Å². The number of carbonyl (C=O) groups is 2. The van der Waals surface area contributed by atoms with Gasteiger partial charge in [0.2, 0.25) is 0 Å². The highest BCUT2D eigenvalue weighted by molar-refractivity contribution is 6.39. The molecule has 5 nitrogen and oxygen atoms in total. The van der Waals surface area contributed by atoms with Crippen molar-refractivity contribution >= 4 is 17.5 Å². The Morgan fingerprint density at radius 1 is 0.917 bits per heavy atom. The van der Waals surface area contributed by atoms with Gasteiger partial charge < -0.3 is 15.4 Å². The molecule has 0 radical (unpaired) electrons. The molecular formula is C19H22N2O3. The lowest BCUT2D eigenvalue weighted by Gasteiger charge is -2.09. The molecule has 2 amide bonds. The molecular weight excluding hydrogens is 304 g/mol. The van der Waals surface area contributed by atoms with Crippen molar-refractivity contribution in [3.05, 3.63) is 54.6 Å². The summed E-state index contributed by atoms with van der Waals surface area (Å²) in [6, 6.07) is 16.3. The first kappa shape index (κ1) is 17.5. The maximum absolute atomic E-state index is 11.8. The molecule has 0 bridgehead atoms. The van der Waals surface area contributed by atoms with E-state index in [0.29, 0.717) is 23.9 Å². The maximum atomic E-state index is 11.8. The summed E-state index contributed by atoms with van der Waals surface area (Å²) in [5.41, 5.74) is 0.541. The first-order valence-electron chi connectivity index (χ1n) is 7.97. The van der Waals surface area contributed by atoms with Crippen molar-refractivity contribution < 1.29 is 14.3 Å². The van der Waals surface area contributed by atoms with Crippen molar-refractivity contribution in [2.24, 2.45) is 5.92 Å². The molecule has 2 rings (SSSR count). The van der Waals surface area contributed by atoms with E-state index in [2.05, 4.69) is 24.5 Å². The van der Waals surface area contributed by atoms with E-state index < -0.39 is 11.8 Å². The highest BCUT2D eigenvalue weighted by atomic mass is 16.5. The fraction of sp³-hybridized carbons (Fsp3) is 0.263. The van der Waals surface area contributed by atoms with E-state index in [1.807, 2.05) is 30.3 Å². The van der Waals surface area contributed by atoms with Crippen LogP contribution in [0.3, 0.4) is 0 Å². The number of rotatable bonds is 6. The lowest BCUT2D eigenvalue weighted by molar-refractivity contribution is -0.136. The van der Waals surface area contributed by atoms with Gasteiger partial charge in [0.25, 0.3) is 0 Å². The zero-order chi connectivity index (χ0) is 17.4. The predicted octanol–water partition coefficient (Wildman–Crippen LogP) is 3.58. The minimum absolute atomic E-state index is 0.477. The lowest BCUT2D eigenvalue weighted by atomic mass is 10.1. The Hall–Kier alpha value is -2.82. The second kappa shape index (κ2) is 8.72. The van der Waals surface area contributed by atoms with Gasteiger partial charge in [0.15, 0.2) is 0 Å². The Balaban J connectivity index is 1.84. The van der Waals surface area contributed by atoms with Gasteiger partial charge in [-0.25, -0.2) is 0 Å². The molecule has 5 heteroatoms. The van der Waals surface area contributed by atoms with Gasteiger partial charge in [-0.2, -0.15) is 0 Å². The number of carbonyl (C=O) groups excluding carboxylic acids is 2. The van der Waals surface area contributed by atoms with Crippen LogP contribution in [-0.2, 0) is 9.59 Å². The molecule has 0 saturated heterocycles. The zero-order valence-electron chi connectivity index (χ0n) is 13.9. The first-order chi connectivity index (χ1) is 11.5. The number of anilines is 1.